The Morgan fingerprint density at radius 2 is 1.95 bits per heavy atom. The van der Waals surface area contributed by atoms with Crippen LogP contribution in [0.2, 0.25) is 0 Å². The number of aromatic carboxylic acids is 1. The SMILES string of the molecule is CCSC1CCCCC1NC(=O)c1cnc(C(=O)O)cn1. The number of thioether (sulfide) groups is 1. The predicted octanol–water partition coefficient (Wildman–Crippen LogP) is 1.97. The van der Waals surface area contributed by atoms with Crippen molar-refractivity contribution >= 4 is 23.6 Å². The minimum absolute atomic E-state index is 0.150. The summed E-state index contributed by atoms with van der Waals surface area (Å²) in [6.07, 6.45) is 6.74. The van der Waals surface area contributed by atoms with E-state index in [9.17, 15) is 9.59 Å². The molecule has 7 heteroatoms. The van der Waals surface area contributed by atoms with Crippen LogP contribution in [0.4, 0.5) is 0 Å². The zero-order chi connectivity index (χ0) is 15.2. The molecule has 114 valence electrons. The third kappa shape index (κ3) is 4.17. The van der Waals surface area contributed by atoms with Crippen LogP contribution in [0.25, 0.3) is 0 Å². The van der Waals surface area contributed by atoms with Crippen molar-refractivity contribution in [3.8, 4) is 0 Å². The molecule has 2 unspecified atom stereocenters. The number of carboxylic acid groups (broad SMARTS) is 1. The minimum Gasteiger partial charge on any atom is -0.476 e. The number of carbonyl (C=O) groups excluding carboxylic acids is 1. The quantitative estimate of drug-likeness (QED) is 0.864. The molecule has 1 aromatic heterocycles. The molecule has 2 atom stereocenters. The number of amides is 1. The van der Waals surface area contributed by atoms with Crippen molar-refractivity contribution in [2.75, 3.05) is 5.75 Å². The molecule has 0 spiro atoms. The van der Waals surface area contributed by atoms with Crippen LogP contribution < -0.4 is 5.32 Å². The number of carbonyl (C=O) groups is 2. The topological polar surface area (TPSA) is 92.2 Å². The van der Waals surface area contributed by atoms with Gasteiger partial charge in [-0.15, -0.1) is 0 Å². The van der Waals surface area contributed by atoms with E-state index in [1.165, 1.54) is 12.6 Å². The Morgan fingerprint density at radius 1 is 1.29 bits per heavy atom. The molecule has 1 aromatic rings. The van der Waals surface area contributed by atoms with E-state index in [0.717, 1.165) is 31.2 Å². The maximum absolute atomic E-state index is 12.2. The molecular formula is C14H19N3O3S. The molecule has 6 nitrogen and oxygen atoms in total. The van der Waals surface area contributed by atoms with Crippen molar-refractivity contribution < 1.29 is 14.7 Å². The van der Waals surface area contributed by atoms with E-state index in [1.54, 1.807) is 0 Å². The Balaban J connectivity index is 2.00. The van der Waals surface area contributed by atoms with Crippen LogP contribution in [-0.2, 0) is 0 Å². The van der Waals surface area contributed by atoms with Gasteiger partial charge >= 0.3 is 5.97 Å². The number of nitrogens with one attached hydrogen (secondary N) is 1. The molecule has 1 heterocycles. The fourth-order valence-electron chi connectivity index (χ4n) is 2.47. The van der Waals surface area contributed by atoms with E-state index >= 15 is 0 Å². The number of nitrogens with zero attached hydrogens (tertiary/aromatic N) is 2. The van der Waals surface area contributed by atoms with Gasteiger partial charge in [0.15, 0.2) is 5.69 Å². The van der Waals surface area contributed by atoms with Crippen molar-refractivity contribution in [1.82, 2.24) is 15.3 Å². The minimum atomic E-state index is -1.15. The lowest BCUT2D eigenvalue weighted by atomic mass is 9.95. The summed E-state index contributed by atoms with van der Waals surface area (Å²) in [4.78, 5) is 30.5. The standard InChI is InChI=1S/C14H19N3O3S/c1-2-21-12-6-4-3-5-9(12)17-13(18)10-7-16-11(8-15-10)14(19)20/h7-9,12H,2-6H2,1H3,(H,17,18)(H,19,20). The van der Waals surface area contributed by atoms with Gasteiger partial charge in [0, 0.05) is 11.3 Å². The first-order chi connectivity index (χ1) is 10.1. The zero-order valence-electron chi connectivity index (χ0n) is 11.9. The van der Waals surface area contributed by atoms with Crippen LogP contribution in [0, 0.1) is 0 Å². The second-order valence-corrected chi connectivity index (χ2v) is 6.47. The van der Waals surface area contributed by atoms with Crippen LogP contribution in [0.5, 0.6) is 0 Å². The van der Waals surface area contributed by atoms with Gasteiger partial charge in [-0.1, -0.05) is 19.8 Å². The molecule has 1 aliphatic rings. The van der Waals surface area contributed by atoms with Gasteiger partial charge < -0.3 is 10.4 Å². The summed E-state index contributed by atoms with van der Waals surface area (Å²) in [5.41, 5.74) is -0.00514. The highest BCUT2D eigenvalue weighted by atomic mass is 32.2. The Hall–Kier alpha value is -1.63. The van der Waals surface area contributed by atoms with Crippen molar-refractivity contribution in [3.05, 3.63) is 23.8 Å². The molecule has 2 rings (SSSR count). The third-order valence-electron chi connectivity index (χ3n) is 3.50. The van der Waals surface area contributed by atoms with Gasteiger partial charge in [-0.3, -0.25) is 4.79 Å². The van der Waals surface area contributed by atoms with E-state index < -0.39 is 5.97 Å². The summed E-state index contributed by atoms with van der Waals surface area (Å²) < 4.78 is 0. The van der Waals surface area contributed by atoms with E-state index in [4.69, 9.17) is 5.11 Å². The lowest BCUT2D eigenvalue weighted by Crippen LogP contribution is -2.44. The molecule has 1 fully saturated rings. The first-order valence-electron chi connectivity index (χ1n) is 7.09. The molecular weight excluding hydrogens is 290 g/mol. The van der Waals surface area contributed by atoms with Gasteiger partial charge in [-0.2, -0.15) is 11.8 Å². The molecule has 21 heavy (non-hydrogen) atoms. The fourth-order valence-corrected chi connectivity index (χ4v) is 3.67. The maximum atomic E-state index is 12.2. The Morgan fingerprint density at radius 3 is 2.57 bits per heavy atom. The number of carboxylic acids is 1. The summed E-state index contributed by atoms with van der Waals surface area (Å²) in [6, 6.07) is 0.150. The molecule has 1 amide bonds. The lowest BCUT2D eigenvalue weighted by molar-refractivity contribution is 0.0688. The first-order valence-corrected chi connectivity index (χ1v) is 8.14. The molecule has 0 aromatic carbocycles. The molecule has 0 radical (unpaired) electrons. The average molecular weight is 309 g/mol. The van der Waals surface area contributed by atoms with Gasteiger partial charge in [-0.05, 0) is 18.6 Å². The van der Waals surface area contributed by atoms with E-state index in [1.807, 2.05) is 11.8 Å². The van der Waals surface area contributed by atoms with Crippen LogP contribution >= 0.6 is 11.8 Å². The van der Waals surface area contributed by atoms with E-state index in [-0.39, 0.29) is 23.3 Å². The second-order valence-electron chi connectivity index (χ2n) is 4.95. The molecule has 0 aliphatic heterocycles. The summed E-state index contributed by atoms with van der Waals surface area (Å²) in [6.45, 7) is 2.12. The van der Waals surface area contributed by atoms with Crippen molar-refractivity contribution in [2.45, 2.75) is 43.9 Å². The van der Waals surface area contributed by atoms with Crippen LogP contribution in [0.3, 0.4) is 0 Å². The molecule has 0 bridgehead atoms. The van der Waals surface area contributed by atoms with Crippen molar-refractivity contribution in [2.24, 2.45) is 0 Å². The monoisotopic (exact) mass is 309 g/mol. The van der Waals surface area contributed by atoms with Crippen LogP contribution in [-0.4, -0.2) is 44.0 Å². The van der Waals surface area contributed by atoms with Gasteiger partial charge in [0.05, 0.1) is 12.4 Å². The van der Waals surface area contributed by atoms with Crippen molar-refractivity contribution in [3.63, 3.8) is 0 Å². The molecule has 1 saturated carbocycles. The normalized spacial score (nSPS) is 21.8. The lowest BCUT2D eigenvalue weighted by Gasteiger charge is -2.31. The van der Waals surface area contributed by atoms with Crippen LogP contribution in [0.15, 0.2) is 12.4 Å². The van der Waals surface area contributed by atoms with Gasteiger partial charge in [-0.25, -0.2) is 14.8 Å². The Bertz CT molecular complexity index is 505. The first kappa shape index (κ1) is 15.8. The number of aromatic nitrogens is 2. The third-order valence-corrected chi connectivity index (χ3v) is 4.83. The molecule has 1 aliphatic carbocycles. The Kier molecular flexibility index (Phi) is 5.55. The smallest absolute Gasteiger partial charge is 0.356 e. The van der Waals surface area contributed by atoms with Crippen LogP contribution in [0.1, 0.15) is 53.6 Å². The second kappa shape index (κ2) is 7.40. The van der Waals surface area contributed by atoms with Gasteiger partial charge in [0.2, 0.25) is 0 Å². The number of hydrogen-bond acceptors (Lipinski definition) is 5. The van der Waals surface area contributed by atoms with Gasteiger partial charge in [0.1, 0.15) is 5.69 Å². The van der Waals surface area contributed by atoms with E-state index in [2.05, 4.69) is 22.2 Å². The highest BCUT2D eigenvalue weighted by molar-refractivity contribution is 7.99. The van der Waals surface area contributed by atoms with Crippen molar-refractivity contribution in [1.29, 1.82) is 0 Å². The number of rotatable bonds is 5. The maximum Gasteiger partial charge on any atom is 0.356 e. The van der Waals surface area contributed by atoms with Gasteiger partial charge in [0.25, 0.3) is 5.91 Å². The zero-order valence-corrected chi connectivity index (χ0v) is 12.7. The molecule has 2 N–H and O–H groups in total. The highest BCUT2D eigenvalue weighted by Gasteiger charge is 2.27. The largest absolute Gasteiger partial charge is 0.476 e. The Labute approximate surface area is 127 Å². The summed E-state index contributed by atoms with van der Waals surface area (Å²) in [5.74, 6) is -0.404. The highest BCUT2D eigenvalue weighted by Crippen LogP contribution is 2.28. The summed E-state index contributed by atoms with van der Waals surface area (Å²) >= 11 is 1.88. The summed E-state index contributed by atoms with van der Waals surface area (Å²) in [7, 11) is 0. The average Bonchev–Trinajstić information content (AvgIpc) is 2.49. The molecule has 0 saturated heterocycles. The number of hydrogen-bond donors (Lipinski definition) is 2. The predicted molar refractivity (Wildman–Crippen MR) is 80.6 cm³/mol. The fraction of sp³-hybridized carbons (Fsp3) is 0.571. The summed E-state index contributed by atoms with van der Waals surface area (Å²) in [5, 5.41) is 12.2. The van der Waals surface area contributed by atoms with E-state index in [0.29, 0.717) is 5.25 Å².